The number of β-amino-alcohol motifs (C(OH)–C–C–N with tert-alkyl or cyclic N) is 1. The fourth-order valence-corrected chi connectivity index (χ4v) is 2.80. The SMILES string of the molecule is O=C(COc1ccc(Cl)cc1Br)N1CCC[C@H](O)C1. The smallest absolute Gasteiger partial charge is 0.260 e. The summed E-state index contributed by atoms with van der Waals surface area (Å²) in [5, 5.41) is 10.1. The first-order chi connectivity index (χ1) is 9.06. The molecule has 4 nitrogen and oxygen atoms in total. The molecule has 104 valence electrons. The molecule has 19 heavy (non-hydrogen) atoms. The number of hydrogen-bond donors (Lipinski definition) is 1. The molecular weight excluding hydrogens is 334 g/mol. The number of benzene rings is 1. The minimum Gasteiger partial charge on any atom is -0.483 e. The molecule has 0 radical (unpaired) electrons. The number of halogens is 2. The molecule has 0 spiro atoms. The largest absolute Gasteiger partial charge is 0.483 e. The predicted molar refractivity (Wildman–Crippen MR) is 76.5 cm³/mol. The Morgan fingerprint density at radius 2 is 2.37 bits per heavy atom. The lowest BCUT2D eigenvalue weighted by atomic mass is 10.1. The molecular formula is C13H15BrClNO3. The van der Waals surface area contributed by atoms with Gasteiger partial charge in [0.05, 0.1) is 10.6 Å². The molecule has 6 heteroatoms. The van der Waals surface area contributed by atoms with Crippen LogP contribution >= 0.6 is 27.5 Å². The van der Waals surface area contributed by atoms with Gasteiger partial charge in [-0.3, -0.25) is 4.79 Å². The molecule has 0 aromatic heterocycles. The molecule has 2 rings (SSSR count). The maximum Gasteiger partial charge on any atom is 0.260 e. The molecule has 1 aliphatic rings. The summed E-state index contributed by atoms with van der Waals surface area (Å²) < 4.78 is 6.18. The van der Waals surface area contributed by atoms with Crippen molar-refractivity contribution in [2.24, 2.45) is 0 Å². The lowest BCUT2D eigenvalue weighted by Gasteiger charge is -2.30. The molecule has 1 heterocycles. The van der Waals surface area contributed by atoms with Crippen molar-refractivity contribution < 1.29 is 14.6 Å². The van der Waals surface area contributed by atoms with Gasteiger partial charge in [0.25, 0.3) is 5.91 Å². The van der Waals surface area contributed by atoms with Crippen molar-refractivity contribution in [3.05, 3.63) is 27.7 Å². The normalized spacial score (nSPS) is 19.3. The van der Waals surface area contributed by atoms with E-state index in [-0.39, 0.29) is 12.5 Å². The summed E-state index contributed by atoms with van der Waals surface area (Å²) in [6, 6.07) is 5.13. The second kappa shape index (κ2) is 6.59. The zero-order valence-electron chi connectivity index (χ0n) is 10.3. The van der Waals surface area contributed by atoms with Crippen molar-refractivity contribution in [1.82, 2.24) is 4.90 Å². The summed E-state index contributed by atoms with van der Waals surface area (Å²) >= 11 is 9.16. The van der Waals surface area contributed by atoms with Gasteiger partial charge in [0.15, 0.2) is 6.61 Å². The number of aliphatic hydroxyl groups is 1. The molecule has 1 aromatic carbocycles. The van der Waals surface area contributed by atoms with Crippen LogP contribution in [0.15, 0.2) is 22.7 Å². The molecule has 0 unspecified atom stereocenters. The Hall–Kier alpha value is -0.780. The molecule has 1 amide bonds. The first-order valence-electron chi connectivity index (χ1n) is 6.10. The number of carbonyl (C=O) groups is 1. The van der Waals surface area contributed by atoms with E-state index in [0.29, 0.717) is 28.3 Å². The zero-order valence-corrected chi connectivity index (χ0v) is 12.7. The van der Waals surface area contributed by atoms with Crippen LogP contribution in [0.5, 0.6) is 5.75 Å². The molecule has 0 bridgehead atoms. The zero-order chi connectivity index (χ0) is 13.8. The van der Waals surface area contributed by atoms with Crippen LogP contribution in [0.3, 0.4) is 0 Å². The van der Waals surface area contributed by atoms with Crippen molar-refractivity contribution in [3.8, 4) is 5.75 Å². The van der Waals surface area contributed by atoms with Crippen LogP contribution in [0.2, 0.25) is 5.02 Å². The quantitative estimate of drug-likeness (QED) is 0.913. The van der Waals surface area contributed by atoms with Gasteiger partial charge >= 0.3 is 0 Å². The van der Waals surface area contributed by atoms with Gasteiger partial charge in [-0.25, -0.2) is 0 Å². The maximum atomic E-state index is 11.9. The third-order valence-electron chi connectivity index (χ3n) is 2.99. The Morgan fingerprint density at radius 3 is 3.05 bits per heavy atom. The highest BCUT2D eigenvalue weighted by Crippen LogP contribution is 2.28. The minimum absolute atomic E-state index is 0.0348. The number of likely N-dealkylation sites (tertiary alicyclic amines) is 1. The monoisotopic (exact) mass is 347 g/mol. The Labute approximate surface area is 125 Å². The van der Waals surface area contributed by atoms with Crippen LogP contribution in [0.25, 0.3) is 0 Å². The topological polar surface area (TPSA) is 49.8 Å². The lowest BCUT2D eigenvalue weighted by molar-refractivity contribution is -0.136. The van der Waals surface area contributed by atoms with Gasteiger partial charge in [-0.05, 0) is 47.0 Å². The highest BCUT2D eigenvalue weighted by atomic mass is 79.9. The molecule has 0 aliphatic carbocycles. The minimum atomic E-state index is -0.417. The third-order valence-corrected chi connectivity index (χ3v) is 3.85. The number of piperidine rings is 1. The summed E-state index contributed by atoms with van der Waals surface area (Å²) in [5.74, 6) is 0.468. The molecule has 1 fully saturated rings. The maximum absolute atomic E-state index is 11.9. The van der Waals surface area contributed by atoms with Crippen molar-refractivity contribution in [2.45, 2.75) is 18.9 Å². The summed E-state index contributed by atoms with van der Waals surface area (Å²) in [5.41, 5.74) is 0. The molecule has 1 saturated heterocycles. The van der Waals surface area contributed by atoms with Gasteiger partial charge in [0.1, 0.15) is 5.75 Å². The Morgan fingerprint density at radius 1 is 1.58 bits per heavy atom. The molecule has 1 aromatic rings. The van der Waals surface area contributed by atoms with Gasteiger partial charge in [-0.15, -0.1) is 0 Å². The molecule has 0 saturated carbocycles. The fraction of sp³-hybridized carbons (Fsp3) is 0.462. The Bertz CT molecular complexity index is 469. The van der Waals surface area contributed by atoms with E-state index >= 15 is 0 Å². The summed E-state index contributed by atoms with van der Waals surface area (Å²) in [6.45, 7) is 1.04. The van der Waals surface area contributed by atoms with Gasteiger partial charge in [0.2, 0.25) is 0 Å². The number of rotatable bonds is 3. The second-order valence-corrected chi connectivity index (χ2v) is 5.79. The van der Waals surface area contributed by atoms with E-state index in [1.807, 2.05) is 0 Å². The summed E-state index contributed by atoms with van der Waals surface area (Å²) in [7, 11) is 0. The van der Waals surface area contributed by atoms with E-state index < -0.39 is 6.10 Å². The van der Waals surface area contributed by atoms with Crippen LogP contribution in [-0.2, 0) is 4.79 Å². The highest BCUT2D eigenvalue weighted by molar-refractivity contribution is 9.10. The Balaban J connectivity index is 1.89. The lowest BCUT2D eigenvalue weighted by Crippen LogP contribution is -2.44. The van der Waals surface area contributed by atoms with Crippen LogP contribution in [0, 0.1) is 0 Å². The number of hydrogen-bond acceptors (Lipinski definition) is 3. The average Bonchev–Trinajstić information content (AvgIpc) is 2.37. The molecule has 1 aliphatic heterocycles. The standard InChI is InChI=1S/C13H15BrClNO3/c14-11-6-9(15)3-4-12(11)19-8-13(18)16-5-1-2-10(17)7-16/h3-4,6,10,17H,1-2,5,7-8H2/t10-/m0/s1. The second-order valence-electron chi connectivity index (χ2n) is 4.50. The average molecular weight is 349 g/mol. The van der Waals surface area contributed by atoms with Crippen molar-refractivity contribution >= 4 is 33.4 Å². The van der Waals surface area contributed by atoms with Crippen molar-refractivity contribution in [1.29, 1.82) is 0 Å². The van der Waals surface area contributed by atoms with Gasteiger partial charge in [-0.2, -0.15) is 0 Å². The first-order valence-corrected chi connectivity index (χ1v) is 7.27. The van der Waals surface area contributed by atoms with Crippen molar-refractivity contribution in [2.75, 3.05) is 19.7 Å². The van der Waals surface area contributed by atoms with E-state index in [1.54, 1.807) is 23.1 Å². The number of aliphatic hydroxyl groups excluding tert-OH is 1. The van der Waals surface area contributed by atoms with Crippen LogP contribution in [0.4, 0.5) is 0 Å². The molecule has 1 atom stereocenters. The first kappa shape index (κ1) is 14.6. The summed E-state index contributed by atoms with van der Waals surface area (Å²) in [4.78, 5) is 13.6. The van der Waals surface area contributed by atoms with E-state index in [4.69, 9.17) is 16.3 Å². The number of nitrogens with zero attached hydrogens (tertiary/aromatic N) is 1. The highest BCUT2D eigenvalue weighted by Gasteiger charge is 2.22. The number of amides is 1. The fourth-order valence-electron chi connectivity index (χ4n) is 2.00. The van der Waals surface area contributed by atoms with Gasteiger partial charge in [0, 0.05) is 18.1 Å². The van der Waals surface area contributed by atoms with E-state index in [9.17, 15) is 9.90 Å². The van der Waals surface area contributed by atoms with Crippen molar-refractivity contribution in [3.63, 3.8) is 0 Å². The van der Waals surface area contributed by atoms with Crippen LogP contribution < -0.4 is 4.74 Å². The number of ether oxygens (including phenoxy) is 1. The molecule has 1 N–H and O–H groups in total. The van der Waals surface area contributed by atoms with Crippen LogP contribution in [-0.4, -0.2) is 41.7 Å². The summed E-state index contributed by atoms with van der Waals surface area (Å²) in [6.07, 6.45) is 1.17. The number of carbonyl (C=O) groups excluding carboxylic acids is 1. The van der Waals surface area contributed by atoms with Crippen LogP contribution in [0.1, 0.15) is 12.8 Å². The van der Waals surface area contributed by atoms with Gasteiger partial charge in [-0.1, -0.05) is 11.6 Å². The van der Waals surface area contributed by atoms with E-state index in [0.717, 1.165) is 12.8 Å². The Kier molecular flexibility index (Phi) is 5.07. The van der Waals surface area contributed by atoms with E-state index in [1.165, 1.54) is 0 Å². The van der Waals surface area contributed by atoms with Gasteiger partial charge < -0.3 is 14.7 Å². The van der Waals surface area contributed by atoms with E-state index in [2.05, 4.69) is 15.9 Å². The predicted octanol–water partition coefficient (Wildman–Crippen LogP) is 2.46. The third kappa shape index (κ3) is 4.09.